The Morgan fingerprint density at radius 1 is 1.26 bits per heavy atom. The topological polar surface area (TPSA) is 12.0 Å². The molecule has 1 unspecified atom stereocenters. The first-order valence-corrected chi connectivity index (χ1v) is 8.26. The molecule has 0 heterocycles. The lowest BCUT2D eigenvalue weighted by molar-refractivity contribution is 0.498. The van der Waals surface area contributed by atoms with Gasteiger partial charge in [0.25, 0.3) is 0 Å². The lowest BCUT2D eigenvalue weighted by atomic mass is 10.00. The first-order chi connectivity index (χ1) is 9.17. The summed E-state index contributed by atoms with van der Waals surface area (Å²) >= 11 is 1.90. The predicted octanol–water partition coefficient (Wildman–Crippen LogP) is 5.20. The van der Waals surface area contributed by atoms with Gasteiger partial charge in [-0.3, -0.25) is 0 Å². The minimum atomic E-state index is 0.456. The molecule has 0 aliphatic carbocycles. The van der Waals surface area contributed by atoms with E-state index in [1.165, 1.54) is 22.5 Å². The quantitative estimate of drug-likeness (QED) is 0.492. The van der Waals surface area contributed by atoms with Gasteiger partial charge in [-0.15, -0.1) is 18.3 Å². The van der Waals surface area contributed by atoms with Crippen molar-refractivity contribution in [3.05, 3.63) is 42.0 Å². The van der Waals surface area contributed by atoms with Crippen molar-refractivity contribution in [2.75, 3.05) is 12.3 Å². The van der Waals surface area contributed by atoms with Crippen LogP contribution in [0.5, 0.6) is 0 Å². The molecular weight excluding hydrogens is 250 g/mol. The number of hydrogen-bond donors (Lipinski definition) is 1. The molecule has 0 aliphatic heterocycles. The number of thioether (sulfide) groups is 1. The van der Waals surface area contributed by atoms with Gasteiger partial charge >= 0.3 is 0 Å². The highest BCUT2D eigenvalue weighted by Crippen LogP contribution is 2.24. The van der Waals surface area contributed by atoms with Crippen LogP contribution in [-0.2, 0) is 0 Å². The molecule has 0 radical (unpaired) electrons. The Bertz CT molecular complexity index is 369. The van der Waals surface area contributed by atoms with E-state index in [0.717, 1.165) is 25.1 Å². The van der Waals surface area contributed by atoms with Crippen molar-refractivity contribution in [2.24, 2.45) is 0 Å². The van der Waals surface area contributed by atoms with E-state index >= 15 is 0 Å². The van der Waals surface area contributed by atoms with E-state index in [9.17, 15) is 0 Å². The normalized spacial score (nSPS) is 12.4. The van der Waals surface area contributed by atoms with Crippen LogP contribution in [0.3, 0.4) is 0 Å². The Morgan fingerprint density at radius 2 is 1.95 bits per heavy atom. The van der Waals surface area contributed by atoms with E-state index in [4.69, 9.17) is 0 Å². The van der Waals surface area contributed by atoms with Gasteiger partial charge in [0.15, 0.2) is 0 Å². The van der Waals surface area contributed by atoms with Gasteiger partial charge < -0.3 is 5.32 Å². The molecular formula is C17H27NS. The van der Waals surface area contributed by atoms with Crippen molar-refractivity contribution in [1.82, 2.24) is 5.32 Å². The van der Waals surface area contributed by atoms with E-state index in [-0.39, 0.29) is 0 Å². The van der Waals surface area contributed by atoms with Gasteiger partial charge in [0, 0.05) is 10.9 Å². The van der Waals surface area contributed by atoms with Crippen LogP contribution in [0.25, 0.3) is 0 Å². The smallest absolute Gasteiger partial charge is 0.0323 e. The van der Waals surface area contributed by atoms with Crippen LogP contribution in [0.2, 0.25) is 0 Å². The van der Waals surface area contributed by atoms with Crippen LogP contribution in [-0.4, -0.2) is 12.3 Å². The molecule has 1 aromatic rings. The summed E-state index contributed by atoms with van der Waals surface area (Å²) < 4.78 is 0. The Morgan fingerprint density at radius 3 is 2.47 bits per heavy atom. The highest BCUT2D eigenvalue weighted by atomic mass is 32.2. The Hall–Kier alpha value is -0.730. The molecule has 1 rings (SSSR count). The third-order valence-electron chi connectivity index (χ3n) is 3.09. The van der Waals surface area contributed by atoms with Gasteiger partial charge in [-0.25, -0.2) is 0 Å². The fourth-order valence-electron chi connectivity index (χ4n) is 2.06. The molecule has 0 aromatic heterocycles. The summed E-state index contributed by atoms with van der Waals surface area (Å²) in [4.78, 5) is 1.36. The monoisotopic (exact) mass is 277 g/mol. The number of hydrogen-bond acceptors (Lipinski definition) is 2. The van der Waals surface area contributed by atoms with Crippen LogP contribution in [0.1, 0.15) is 51.6 Å². The van der Waals surface area contributed by atoms with E-state index in [1.54, 1.807) is 0 Å². The molecule has 2 heteroatoms. The van der Waals surface area contributed by atoms with Crippen LogP contribution in [0.4, 0.5) is 0 Å². The molecule has 19 heavy (non-hydrogen) atoms. The van der Waals surface area contributed by atoms with Gasteiger partial charge in [0.2, 0.25) is 0 Å². The van der Waals surface area contributed by atoms with Crippen LogP contribution in [0, 0.1) is 0 Å². The van der Waals surface area contributed by atoms with Crippen molar-refractivity contribution in [1.29, 1.82) is 0 Å². The standard InChI is InChI=1S/C17H27NS/c1-5-13-18-17(12-7-14(3)4)15-8-10-16(11-9-15)19-6-2/h8-11,17-18H,3,5-7,12-13H2,1-2,4H3. The highest BCUT2D eigenvalue weighted by molar-refractivity contribution is 7.99. The summed E-state index contributed by atoms with van der Waals surface area (Å²) in [6.07, 6.45) is 3.40. The van der Waals surface area contributed by atoms with E-state index in [2.05, 4.69) is 56.9 Å². The minimum Gasteiger partial charge on any atom is -0.310 e. The first-order valence-electron chi connectivity index (χ1n) is 7.27. The number of nitrogens with one attached hydrogen (secondary N) is 1. The molecule has 106 valence electrons. The van der Waals surface area contributed by atoms with E-state index in [0.29, 0.717) is 6.04 Å². The average Bonchev–Trinajstić information content (AvgIpc) is 2.40. The summed E-state index contributed by atoms with van der Waals surface area (Å²) in [6, 6.07) is 9.47. The SMILES string of the molecule is C=C(C)CCC(NCCC)c1ccc(SCC)cc1. The average molecular weight is 277 g/mol. The third-order valence-corrected chi connectivity index (χ3v) is 3.99. The van der Waals surface area contributed by atoms with Gasteiger partial charge in [-0.2, -0.15) is 0 Å². The van der Waals surface area contributed by atoms with Gasteiger partial charge in [-0.05, 0) is 56.2 Å². The molecule has 0 bridgehead atoms. The zero-order chi connectivity index (χ0) is 14.1. The zero-order valence-corrected chi connectivity index (χ0v) is 13.4. The van der Waals surface area contributed by atoms with Crippen LogP contribution >= 0.6 is 11.8 Å². The van der Waals surface area contributed by atoms with Crippen molar-refractivity contribution in [3.63, 3.8) is 0 Å². The maximum absolute atomic E-state index is 4.01. The zero-order valence-electron chi connectivity index (χ0n) is 12.5. The molecule has 0 amide bonds. The van der Waals surface area contributed by atoms with Crippen molar-refractivity contribution < 1.29 is 0 Å². The molecule has 1 nitrogen and oxygen atoms in total. The molecule has 0 aliphatic rings. The predicted molar refractivity (Wildman–Crippen MR) is 87.9 cm³/mol. The summed E-state index contributed by atoms with van der Waals surface area (Å²) in [6.45, 7) is 11.6. The second-order valence-corrected chi connectivity index (χ2v) is 6.34. The Kier molecular flexibility index (Phi) is 7.92. The molecule has 0 saturated carbocycles. The van der Waals surface area contributed by atoms with Gasteiger partial charge in [0.05, 0.1) is 0 Å². The highest BCUT2D eigenvalue weighted by Gasteiger charge is 2.10. The van der Waals surface area contributed by atoms with Crippen LogP contribution < -0.4 is 5.32 Å². The summed E-state index contributed by atoms with van der Waals surface area (Å²) in [5.41, 5.74) is 2.66. The fraction of sp³-hybridized carbons (Fsp3) is 0.529. The molecule has 0 fully saturated rings. The number of allylic oxidation sites excluding steroid dienone is 1. The minimum absolute atomic E-state index is 0.456. The summed E-state index contributed by atoms with van der Waals surface area (Å²) in [7, 11) is 0. The van der Waals surface area contributed by atoms with Crippen molar-refractivity contribution in [3.8, 4) is 0 Å². The number of rotatable bonds is 9. The van der Waals surface area contributed by atoms with Crippen molar-refractivity contribution in [2.45, 2.75) is 51.0 Å². The lowest BCUT2D eigenvalue weighted by Gasteiger charge is -2.19. The molecule has 1 N–H and O–H groups in total. The third kappa shape index (κ3) is 6.31. The van der Waals surface area contributed by atoms with Gasteiger partial charge in [-0.1, -0.05) is 31.6 Å². The summed E-state index contributed by atoms with van der Waals surface area (Å²) in [5, 5.41) is 3.64. The summed E-state index contributed by atoms with van der Waals surface area (Å²) in [5.74, 6) is 1.13. The van der Waals surface area contributed by atoms with Crippen LogP contribution in [0.15, 0.2) is 41.3 Å². The fourth-order valence-corrected chi connectivity index (χ4v) is 2.72. The van der Waals surface area contributed by atoms with E-state index < -0.39 is 0 Å². The first kappa shape index (κ1) is 16.3. The molecule has 0 spiro atoms. The van der Waals surface area contributed by atoms with Gasteiger partial charge in [0.1, 0.15) is 0 Å². The largest absolute Gasteiger partial charge is 0.310 e. The second-order valence-electron chi connectivity index (χ2n) is 5.00. The lowest BCUT2D eigenvalue weighted by Crippen LogP contribution is -2.22. The van der Waals surface area contributed by atoms with E-state index in [1.807, 2.05) is 11.8 Å². The molecule has 1 aromatic carbocycles. The van der Waals surface area contributed by atoms with Crippen molar-refractivity contribution >= 4 is 11.8 Å². The molecule has 0 saturated heterocycles. The Balaban J connectivity index is 2.68. The second kappa shape index (κ2) is 9.22. The maximum atomic E-state index is 4.01. The molecule has 1 atom stereocenters. The Labute approximate surface area is 122 Å². The maximum Gasteiger partial charge on any atom is 0.0323 e. The number of benzene rings is 1.